The van der Waals surface area contributed by atoms with Gasteiger partial charge in [-0.1, -0.05) is 55.8 Å². The lowest BCUT2D eigenvalue weighted by Crippen LogP contribution is -2.50. The second-order valence-corrected chi connectivity index (χ2v) is 11.1. The van der Waals surface area contributed by atoms with Crippen molar-refractivity contribution in [2.45, 2.75) is 76.9 Å². The summed E-state index contributed by atoms with van der Waals surface area (Å²) >= 11 is 0. The monoisotopic (exact) mass is 513 g/mol. The van der Waals surface area contributed by atoms with Crippen LogP contribution in [0.15, 0.2) is 53.4 Å². The number of amides is 3. The summed E-state index contributed by atoms with van der Waals surface area (Å²) in [7, 11) is -3.92. The summed E-state index contributed by atoms with van der Waals surface area (Å²) in [4.78, 5) is 40.7. The number of rotatable bonds is 11. The summed E-state index contributed by atoms with van der Waals surface area (Å²) in [5.41, 5.74) is 2.14. The third kappa shape index (κ3) is 5.95. The molecular weight excluding hydrogens is 478 g/mol. The predicted octanol–water partition coefficient (Wildman–Crippen LogP) is 3.64. The van der Waals surface area contributed by atoms with Crippen molar-refractivity contribution in [2.75, 3.05) is 6.54 Å². The maximum atomic E-state index is 13.4. The minimum Gasteiger partial charge on any atom is -0.352 e. The van der Waals surface area contributed by atoms with E-state index in [1.54, 1.807) is 17.0 Å². The van der Waals surface area contributed by atoms with Crippen LogP contribution in [0.3, 0.4) is 0 Å². The molecule has 1 aliphatic heterocycles. The number of aryl methyl sites for hydroxylation is 1. The Bertz CT molecular complexity index is 1210. The molecule has 1 N–H and O–H groups in total. The molecule has 3 rings (SSSR count). The first-order chi connectivity index (χ1) is 17.1. The third-order valence-electron chi connectivity index (χ3n) is 6.52. The van der Waals surface area contributed by atoms with Crippen LogP contribution in [0.5, 0.6) is 0 Å². The Labute approximate surface area is 213 Å². The van der Waals surface area contributed by atoms with E-state index in [0.717, 1.165) is 21.9 Å². The molecule has 0 fully saturated rings. The Morgan fingerprint density at radius 3 is 2.31 bits per heavy atom. The minimum absolute atomic E-state index is 0.00455. The molecule has 0 saturated carbocycles. The van der Waals surface area contributed by atoms with E-state index in [4.69, 9.17) is 0 Å². The first-order valence-electron chi connectivity index (χ1n) is 12.4. The first kappa shape index (κ1) is 27.4. The molecule has 1 aliphatic rings. The molecule has 9 heteroatoms. The van der Waals surface area contributed by atoms with E-state index < -0.39 is 22.0 Å². The average Bonchev–Trinajstić information content (AvgIpc) is 3.05. The topological polar surface area (TPSA) is 104 Å². The fourth-order valence-electron chi connectivity index (χ4n) is 4.22. The van der Waals surface area contributed by atoms with Crippen LogP contribution >= 0.6 is 0 Å². The highest BCUT2D eigenvalue weighted by Gasteiger charge is 2.40. The van der Waals surface area contributed by atoms with Gasteiger partial charge in [-0.3, -0.25) is 14.4 Å². The molecule has 194 valence electrons. The van der Waals surface area contributed by atoms with Gasteiger partial charge in [-0.25, -0.2) is 12.7 Å². The van der Waals surface area contributed by atoms with Crippen LogP contribution in [0.2, 0.25) is 0 Å². The van der Waals surface area contributed by atoms with Crippen molar-refractivity contribution >= 4 is 27.7 Å². The van der Waals surface area contributed by atoms with Crippen molar-refractivity contribution < 1.29 is 22.8 Å². The summed E-state index contributed by atoms with van der Waals surface area (Å²) in [6.07, 6.45) is 1.38. The van der Waals surface area contributed by atoms with Crippen molar-refractivity contribution in [3.63, 3.8) is 0 Å². The normalized spacial score (nSPS) is 15.8. The second-order valence-electron chi connectivity index (χ2n) is 9.23. The lowest BCUT2D eigenvalue weighted by molar-refractivity contribution is -0.141. The van der Waals surface area contributed by atoms with Crippen LogP contribution in [0.1, 0.15) is 67.9 Å². The number of carbonyl (C=O) groups excluding carboxylic acids is 3. The number of hydrogen-bond acceptors (Lipinski definition) is 5. The molecule has 0 saturated heterocycles. The van der Waals surface area contributed by atoms with Crippen LogP contribution in [0.4, 0.5) is 0 Å². The van der Waals surface area contributed by atoms with Crippen LogP contribution in [-0.2, 0) is 26.2 Å². The van der Waals surface area contributed by atoms with E-state index in [2.05, 4.69) is 5.32 Å². The molecule has 0 aliphatic carbocycles. The van der Waals surface area contributed by atoms with E-state index in [-0.39, 0.29) is 54.2 Å². The van der Waals surface area contributed by atoms with E-state index in [0.29, 0.717) is 6.42 Å². The van der Waals surface area contributed by atoms with Gasteiger partial charge in [0.2, 0.25) is 11.8 Å². The summed E-state index contributed by atoms with van der Waals surface area (Å²) in [6.45, 7) is 7.90. The van der Waals surface area contributed by atoms with E-state index in [1.165, 1.54) is 12.1 Å². The Balaban J connectivity index is 1.74. The van der Waals surface area contributed by atoms with Gasteiger partial charge in [0, 0.05) is 25.6 Å². The molecule has 3 amide bonds. The smallest absolute Gasteiger partial charge is 0.269 e. The van der Waals surface area contributed by atoms with E-state index in [1.807, 2.05) is 52.0 Å². The molecule has 1 heterocycles. The number of nitrogens with one attached hydrogen (secondary N) is 1. The molecule has 0 bridgehead atoms. The lowest BCUT2D eigenvalue weighted by atomic mass is 10.1. The summed E-state index contributed by atoms with van der Waals surface area (Å²) < 4.78 is 26.4. The summed E-state index contributed by atoms with van der Waals surface area (Å²) in [5.74, 6) is -1.04. The number of benzene rings is 2. The van der Waals surface area contributed by atoms with Crippen molar-refractivity contribution in [3.8, 4) is 0 Å². The number of hydrogen-bond donors (Lipinski definition) is 1. The molecule has 0 radical (unpaired) electrons. The molecule has 2 aromatic carbocycles. The maximum absolute atomic E-state index is 13.4. The SMILES string of the molecule is CC[C@H](C)NC(=O)[C@H](CC)N(Cc1ccc(C)cc1)C(=O)CCCN1C(=O)c2ccccc2S1(=O)=O. The molecule has 0 unspecified atom stereocenters. The van der Waals surface area contributed by atoms with E-state index >= 15 is 0 Å². The highest BCUT2D eigenvalue weighted by Crippen LogP contribution is 2.30. The zero-order chi connectivity index (χ0) is 26.5. The van der Waals surface area contributed by atoms with Crippen molar-refractivity contribution in [1.29, 1.82) is 0 Å². The van der Waals surface area contributed by atoms with Gasteiger partial charge in [0.1, 0.15) is 10.9 Å². The average molecular weight is 514 g/mol. The van der Waals surface area contributed by atoms with Crippen molar-refractivity contribution in [2.24, 2.45) is 0 Å². The maximum Gasteiger partial charge on any atom is 0.269 e. The fourth-order valence-corrected chi connectivity index (χ4v) is 5.83. The second kappa shape index (κ2) is 11.7. The van der Waals surface area contributed by atoms with Gasteiger partial charge in [-0.2, -0.15) is 0 Å². The van der Waals surface area contributed by atoms with Crippen LogP contribution in [-0.4, -0.2) is 54.0 Å². The van der Waals surface area contributed by atoms with E-state index in [9.17, 15) is 22.8 Å². The zero-order valence-electron chi connectivity index (χ0n) is 21.4. The van der Waals surface area contributed by atoms with Gasteiger partial charge in [0.05, 0.1) is 5.56 Å². The molecular formula is C27H35N3O5S. The van der Waals surface area contributed by atoms with Gasteiger partial charge in [0.25, 0.3) is 15.9 Å². The molecule has 36 heavy (non-hydrogen) atoms. The molecule has 2 atom stereocenters. The third-order valence-corrected chi connectivity index (χ3v) is 8.36. The van der Waals surface area contributed by atoms with Gasteiger partial charge < -0.3 is 10.2 Å². The Kier molecular flexibility index (Phi) is 8.89. The van der Waals surface area contributed by atoms with Gasteiger partial charge in [-0.05, 0) is 50.8 Å². The Morgan fingerprint density at radius 1 is 1.03 bits per heavy atom. The number of sulfonamides is 1. The largest absolute Gasteiger partial charge is 0.352 e. The first-order valence-corrected chi connectivity index (χ1v) is 13.9. The van der Waals surface area contributed by atoms with Gasteiger partial charge in [0.15, 0.2) is 0 Å². The molecule has 8 nitrogen and oxygen atoms in total. The predicted molar refractivity (Wildman–Crippen MR) is 138 cm³/mol. The summed E-state index contributed by atoms with van der Waals surface area (Å²) in [5, 5.41) is 2.97. The highest BCUT2D eigenvalue weighted by atomic mass is 32.2. The van der Waals surface area contributed by atoms with Crippen molar-refractivity contribution in [1.82, 2.24) is 14.5 Å². The van der Waals surface area contributed by atoms with Gasteiger partial charge in [-0.15, -0.1) is 0 Å². The molecule has 0 aromatic heterocycles. The molecule has 0 spiro atoms. The minimum atomic E-state index is -3.92. The Morgan fingerprint density at radius 2 is 1.69 bits per heavy atom. The lowest BCUT2D eigenvalue weighted by Gasteiger charge is -2.31. The van der Waals surface area contributed by atoms with Gasteiger partial charge >= 0.3 is 0 Å². The quantitative estimate of drug-likeness (QED) is 0.494. The van der Waals surface area contributed by atoms with Crippen molar-refractivity contribution in [3.05, 3.63) is 65.2 Å². The number of fused-ring (bicyclic) bond motifs is 1. The van der Waals surface area contributed by atoms with Crippen LogP contribution < -0.4 is 5.32 Å². The summed E-state index contributed by atoms with van der Waals surface area (Å²) in [6, 6.07) is 13.2. The Hall–Kier alpha value is -3.20. The zero-order valence-corrected chi connectivity index (χ0v) is 22.2. The molecule has 2 aromatic rings. The van der Waals surface area contributed by atoms with Crippen LogP contribution in [0.25, 0.3) is 0 Å². The van der Waals surface area contributed by atoms with Crippen LogP contribution in [0, 0.1) is 6.92 Å². The standard InChI is InChI=1S/C27H35N3O5S/c1-5-20(4)28-26(32)23(6-2)29(18-21-15-13-19(3)14-16-21)25(31)12-9-17-30-27(33)22-10-7-8-11-24(22)36(30,34)35/h7-8,10-11,13-16,20,23H,5-6,9,12,17-18H2,1-4H3,(H,28,32)/t20-,23-/m0/s1. The highest BCUT2D eigenvalue weighted by molar-refractivity contribution is 7.90. The fraction of sp³-hybridized carbons (Fsp3) is 0.444. The number of nitrogens with zero attached hydrogens (tertiary/aromatic N) is 2. The number of carbonyl (C=O) groups is 3.